The van der Waals surface area contributed by atoms with Crippen molar-refractivity contribution in [2.75, 3.05) is 26.2 Å². The molecule has 7 nitrogen and oxygen atoms in total. The number of benzene rings is 1. The maximum Gasteiger partial charge on any atom is 0.335 e. The Hall–Kier alpha value is -2.64. The van der Waals surface area contributed by atoms with E-state index in [4.69, 9.17) is 9.52 Å². The third-order valence-corrected chi connectivity index (χ3v) is 4.25. The second kappa shape index (κ2) is 7.50. The molecule has 1 aromatic carbocycles. The zero-order valence-corrected chi connectivity index (χ0v) is 13.7. The molecule has 0 spiro atoms. The highest BCUT2D eigenvalue weighted by Crippen LogP contribution is 2.13. The second-order valence-corrected chi connectivity index (χ2v) is 6.15. The highest BCUT2D eigenvalue weighted by atomic mass is 16.4. The molecule has 1 aromatic heterocycles. The van der Waals surface area contributed by atoms with Crippen LogP contribution in [0.15, 0.2) is 47.3 Å². The molecule has 1 amide bonds. The summed E-state index contributed by atoms with van der Waals surface area (Å²) in [6, 6.07) is 8.30. The number of carboxylic acid groups (broad SMARTS) is 1. The lowest BCUT2D eigenvalue weighted by Gasteiger charge is -2.21. The number of hydrogen-bond acceptors (Lipinski definition) is 5. The quantitative estimate of drug-likeness (QED) is 0.868. The van der Waals surface area contributed by atoms with Crippen molar-refractivity contribution < 1.29 is 24.2 Å². The van der Waals surface area contributed by atoms with Gasteiger partial charge in [0, 0.05) is 32.7 Å². The normalized spacial score (nSPS) is 18.8. The lowest BCUT2D eigenvalue weighted by atomic mass is 10.1. The van der Waals surface area contributed by atoms with Crippen molar-refractivity contribution in [2.45, 2.75) is 12.6 Å². The van der Waals surface area contributed by atoms with Crippen LogP contribution in [-0.4, -0.2) is 64.2 Å². The van der Waals surface area contributed by atoms with Crippen LogP contribution in [0.3, 0.4) is 0 Å². The number of amides is 1. The fourth-order valence-electron chi connectivity index (χ4n) is 2.96. The summed E-state index contributed by atoms with van der Waals surface area (Å²) in [5.41, 5.74) is 1.69. The van der Waals surface area contributed by atoms with Gasteiger partial charge in [-0.15, -0.1) is 0 Å². The number of furan rings is 1. The third-order valence-electron chi connectivity index (χ3n) is 4.25. The Kier molecular flexibility index (Phi) is 5.16. The highest BCUT2D eigenvalue weighted by Gasteiger charge is 2.25. The average molecular weight is 344 g/mol. The molecule has 0 saturated carbocycles. The fourth-order valence-corrected chi connectivity index (χ4v) is 2.96. The fraction of sp³-hybridized carbons (Fsp3) is 0.333. The van der Waals surface area contributed by atoms with Crippen molar-refractivity contribution >= 4 is 11.9 Å². The number of carboxylic acids is 1. The van der Waals surface area contributed by atoms with Gasteiger partial charge in [0.05, 0.1) is 23.5 Å². The lowest BCUT2D eigenvalue weighted by molar-refractivity contribution is 0.0661. The molecule has 0 radical (unpaired) electrons. The van der Waals surface area contributed by atoms with Gasteiger partial charge in [0.1, 0.15) is 6.26 Å². The smallest absolute Gasteiger partial charge is 0.335 e. The van der Waals surface area contributed by atoms with Gasteiger partial charge in [0.2, 0.25) is 0 Å². The minimum absolute atomic E-state index is 0.152. The van der Waals surface area contributed by atoms with Gasteiger partial charge in [0.15, 0.2) is 0 Å². The van der Waals surface area contributed by atoms with Gasteiger partial charge in [0.25, 0.3) is 5.91 Å². The van der Waals surface area contributed by atoms with E-state index in [2.05, 4.69) is 4.90 Å². The van der Waals surface area contributed by atoms with Crippen molar-refractivity contribution in [3.8, 4) is 0 Å². The summed E-state index contributed by atoms with van der Waals surface area (Å²) < 4.78 is 4.95. The van der Waals surface area contributed by atoms with Crippen LogP contribution in [0.25, 0.3) is 0 Å². The molecule has 1 fully saturated rings. The van der Waals surface area contributed by atoms with Gasteiger partial charge in [-0.1, -0.05) is 12.1 Å². The van der Waals surface area contributed by atoms with Gasteiger partial charge < -0.3 is 19.5 Å². The molecule has 0 unspecified atom stereocenters. The van der Waals surface area contributed by atoms with Crippen LogP contribution >= 0.6 is 0 Å². The minimum atomic E-state index is -0.954. The van der Waals surface area contributed by atoms with Crippen LogP contribution in [0.2, 0.25) is 0 Å². The van der Waals surface area contributed by atoms with E-state index in [1.54, 1.807) is 35.2 Å². The van der Waals surface area contributed by atoms with E-state index in [0.717, 1.165) is 5.56 Å². The summed E-state index contributed by atoms with van der Waals surface area (Å²) in [5.74, 6) is -1.11. The van der Waals surface area contributed by atoms with E-state index in [1.165, 1.54) is 12.5 Å². The maximum absolute atomic E-state index is 12.4. The van der Waals surface area contributed by atoms with Crippen LogP contribution in [0.1, 0.15) is 26.3 Å². The van der Waals surface area contributed by atoms with E-state index >= 15 is 0 Å². The number of carbonyl (C=O) groups is 2. The molecule has 25 heavy (non-hydrogen) atoms. The molecule has 1 atom stereocenters. The third kappa shape index (κ3) is 4.26. The molecule has 0 bridgehead atoms. The number of hydrogen-bond donors (Lipinski definition) is 2. The summed E-state index contributed by atoms with van der Waals surface area (Å²) in [4.78, 5) is 27.0. The SMILES string of the molecule is O=C(O)c1ccc(CN2CCN(C(=O)c3ccoc3)C[C@@H](O)C2)cc1. The van der Waals surface area contributed by atoms with Gasteiger partial charge in [-0.3, -0.25) is 9.69 Å². The zero-order chi connectivity index (χ0) is 17.8. The summed E-state index contributed by atoms with van der Waals surface area (Å²) in [5, 5.41) is 19.2. The molecular weight excluding hydrogens is 324 g/mol. The Labute approximate surface area is 145 Å². The Bertz CT molecular complexity index is 726. The molecule has 0 aliphatic carbocycles. The average Bonchev–Trinajstić information content (AvgIpc) is 3.06. The van der Waals surface area contributed by atoms with Crippen LogP contribution < -0.4 is 0 Å². The van der Waals surface area contributed by atoms with Crippen molar-refractivity contribution in [3.05, 3.63) is 59.5 Å². The van der Waals surface area contributed by atoms with Crippen LogP contribution in [0, 0.1) is 0 Å². The summed E-state index contributed by atoms with van der Waals surface area (Å²) in [6.45, 7) is 2.45. The number of rotatable bonds is 4. The summed E-state index contributed by atoms with van der Waals surface area (Å²) >= 11 is 0. The standard InChI is InChI=1S/C18H20N2O5/c21-16-10-19(9-13-1-3-14(4-2-13)18(23)24)6-7-20(11-16)17(22)15-5-8-25-12-15/h1-5,8,12,16,21H,6-7,9-11H2,(H,23,24)/t16-/m0/s1. The van der Waals surface area contributed by atoms with E-state index in [1.807, 2.05) is 0 Å². The topological polar surface area (TPSA) is 94.2 Å². The first kappa shape index (κ1) is 17.2. The first-order valence-corrected chi connectivity index (χ1v) is 8.07. The zero-order valence-electron chi connectivity index (χ0n) is 13.7. The Balaban J connectivity index is 1.63. The number of aliphatic hydroxyl groups is 1. The van der Waals surface area contributed by atoms with Crippen LogP contribution in [0.4, 0.5) is 0 Å². The van der Waals surface area contributed by atoms with Gasteiger partial charge in [-0.2, -0.15) is 0 Å². The monoisotopic (exact) mass is 344 g/mol. The van der Waals surface area contributed by atoms with Crippen LogP contribution in [0.5, 0.6) is 0 Å². The summed E-state index contributed by atoms with van der Waals surface area (Å²) in [6.07, 6.45) is 2.22. The number of aromatic carboxylic acids is 1. The van der Waals surface area contributed by atoms with E-state index in [0.29, 0.717) is 31.7 Å². The molecule has 2 heterocycles. The Morgan fingerprint density at radius 1 is 1.08 bits per heavy atom. The molecule has 7 heteroatoms. The predicted molar refractivity (Wildman–Crippen MR) is 89.3 cm³/mol. The molecule has 1 aliphatic rings. The number of nitrogens with zero attached hydrogens (tertiary/aromatic N) is 2. The van der Waals surface area contributed by atoms with E-state index < -0.39 is 12.1 Å². The van der Waals surface area contributed by atoms with Gasteiger partial charge >= 0.3 is 5.97 Å². The minimum Gasteiger partial charge on any atom is -0.478 e. The maximum atomic E-state index is 12.4. The van der Waals surface area contributed by atoms with Gasteiger partial charge in [-0.05, 0) is 23.8 Å². The lowest BCUT2D eigenvalue weighted by Crippen LogP contribution is -2.37. The highest BCUT2D eigenvalue weighted by molar-refractivity contribution is 5.93. The number of carbonyl (C=O) groups excluding carboxylic acids is 1. The molecule has 2 aromatic rings. The number of aliphatic hydroxyl groups excluding tert-OH is 1. The molecule has 2 N–H and O–H groups in total. The van der Waals surface area contributed by atoms with Gasteiger partial charge in [-0.25, -0.2) is 4.79 Å². The molecule has 132 valence electrons. The van der Waals surface area contributed by atoms with Crippen molar-refractivity contribution in [3.63, 3.8) is 0 Å². The van der Waals surface area contributed by atoms with Crippen LogP contribution in [-0.2, 0) is 6.54 Å². The van der Waals surface area contributed by atoms with E-state index in [-0.39, 0.29) is 18.0 Å². The first-order chi connectivity index (χ1) is 12.0. The Morgan fingerprint density at radius 3 is 2.48 bits per heavy atom. The first-order valence-electron chi connectivity index (χ1n) is 8.07. The Morgan fingerprint density at radius 2 is 1.84 bits per heavy atom. The largest absolute Gasteiger partial charge is 0.478 e. The summed E-state index contributed by atoms with van der Waals surface area (Å²) in [7, 11) is 0. The van der Waals surface area contributed by atoms with Crippen molar-refractivity contribution in [1.29, 1.82) is 0 Å². The van der Waals surface area contributed by atoms with Crippen molar-refractivity contribution in [1.82, 2.24) is 9.80 Å². The molecule has 3 rings (SSSR count). The van der Waals surface area contributed by atoms with Crippen molar-refractivity contribution in [2.24, 2.45) is 0 Å². The predicted octanol–water partition coefficient (Wildman–Crippen LogP) is 1.30. The molecule has 1 aliphatic heterocycles. The molecule has 1 saturated heterocycles. The molecular formula is C18H20N2O5. The second-order valence-electron chi connectivity index (χ2n) is 6.15. The number of β-amino-alcohol motifs (C(OH)–C–C–N with tert-alkyl or cyclic N) is 1. The van der Waals surface area contributed by atoms with E-state index in [9.17, 15) is 14.7 Å².